The number of amides is 1. The number of ether oxygens (including phenoxy) is 1. The number of hydrogen-bond donors (Lipinski definition) is 1. The number of carbonyl (C=O) groups excluding carboxylic acids is 1. The number of nitrogens with zero attached hydrogens (tertiary/aromatic N) is 3. The second-order valence-corrected chi connectivity index (χ2v) is 8.89. The Hall–Kier alpha value is -2.83. The van der Waals surface area contributed by atoms with E-state index in [-0.39, 0.29) is 17.2 Å². The molecule has 1 amide bonds. The van der Waals surface area contributed by atoms with Crippen molar-refractivity contribution >= 4 is 34.9 Å². The lowest BCUT2D eigenvalue weighted by Crippen LogP contribution is -2.35. The van der Waals surface area contributed by atoms with Gasteiger partial charge in [-0.1, -0.05) is 42.3 Å². The molecule has 0 radical (unpaired) electrons. The number of anilines is 1. The molecular formula is C23H22Cl2N4O2. The van der Waals surface area contributed by atoms with Crippen LogP contribution in [0.25, 0.3) is 0 Å². The first-order valence-corrected chi connectivity index (χ1v) is 10.6. The number of halogens is 2. The van der Waals surface area contributed by atoms with Crippen molar-refractivity contribution in [3.05, 3.63) is 82.1 Å². The maximum Gasteiger partial charge on any atom is 0.255 e. The topological polar surface area (TPSA) is 81.3 Å². The van der Waals surface area contributed by atoms with Crippen LogP contribution in [0.3, 0.4) is 0 Å². The number of nitrogens with two attached hydrogens (primary N) is 1. The Labute approximate surface area is 191 Å². The molecule has 8 heteroatoms. The van der Waals surface area contributed by atoms with Crippen LogP contribution in [-0.4, -0.2) is 40.5 Å². The molecule has 1 aliphatic heterocycles. The molecule has 0 spiro atoms. The average molecular weight is 457 g/mol. The van der Waals surface area contributed by atoms with Crippen molar-refractivity contribution in [3.8, 4) is 5.88 Å². The molecule has 2 atom stereocenters. The van der Waals surface area contributed by atoms with E-state index in [1.165, 1.54) is 6.20 Å². The molecule has 0 saturated carbocycles. The predicted molar refractivity (Wildman–Crippen MR) is 122 cm³/mol. The summed E-state index contributed by atoms with van der Waals surface area (Å²) in [6.07, 6.45) is 3.06. The number of nitrogen functional groups attached to an aromatic ring is 1. The van der Waals surface area contributed by atoms with Crippen molar-refractivity contribution in [3.63, 3.8) is 0 Å². The van der Waals surface area contributed by atoms with Gasteiger partial charge in [-0.15, -0.1) is 0 Å². The first-order chi connectivity index (χ1) is 14.8. The van der Waals surface area contributed by atoms with Crippen LogP contribution < -0.4 is 10.5 Å². The summed E-state index contributed by atoms with van der Waals surface area (Å²) in [6.45, 7) is 3.59. The summed E-state index contributed by atoms with van der Waals surface area (Å²) in [7, 11) is 0. The highest BCUT2D eigenvalue weighted by Crippen LogP contribution is 2.43. The highest BCUT2D eigenvalue weighted by molar-refractivity contribution is 6.30. The van der Waals surface area contributed by atoms with E-state index in [0.717, 1.165) is 5.56 Å². The van der Waals surface area contributed by atoms with E-state index in [0.29, 0.717) is 47.0 Å². The molecule has 3 heterocycles. The summed E-state index contributed by atoms with van der Waals surface area (Å²) in [5.41, 5.74) is 6.93. The highest BCUT2D eigenvalue weighted by Gasteiger charge is 2.46. The van der Waals surface area contributed by atoms with Gasteiger partial charge in [0, 0.05) is 47.9 Å². The van der Waals surface area contributed by atoms with Gasteiger partial charge < -0.3 is 15.4 Å². The number of pyridine rings is 2. The van der Waals surface area contributed by atoms with Crippen LogP contribution >= 0.6 is 23.2 Å². The zero-order chi connectivity index (χ0) is 22.0. The van der Waals surface area contributed by atoms with E-state index >= 15 is 0 Å². The van der Waals surface area contributed by atoms with Crippen LogP contribution in [0.4, 0.5) is 5.82 Å². The van der Waals surface area contributed by atoms with E-state index in [4.69, 9.17) is 33.7 Å². The molecule has 6 nitrogen and oxygen atoms in total. The number of likely N-dealkylation sites (tertiary alicyclic amines) is 1. The summed E-state index contributed by atoms with van der Waals surface area (Å²) in [6, 6.07) is 14.6. The third-order valence-corrected chi connectivity index (χ3v) is 6.11. The normalized spacial score (nSPS) is 20.6. The molecule has 2 N–H and O–H groups in total. The van der Waals surface area contributed by atoms with Gasteiger partial charge in [-0.3, -0.25) is 4.79 Å². The van der Waals surface area contributed by atoms with Crippen molar-refractivity contribution in [1.29, 1.82) is 0 Å². The molecule has 1 aromatic carbocycles. The number of benzene rings is 1. The van der Waals surface area contributed by atoms with Gasteiger partial charge >= 0.3 is 0 Å². The molecule has 1 saturated heterocycles. The Bertz CT molecular complexity index is 1060. The predicted octanol–water partition coefficient (Wildman–Crippen LogP) is 4.69. The molecule has 0 bridgehead atoms. The number of aromatic nitrogens is 2. The van der Waals surface area contributed by atoms with Crippen LogP contribution in [-0.2, 0) is 0 Å². The number of carbonyl (C=O) groups is 1. The molecule has 2 aromatic heterocycles. The van der Waals surface area contributed by atoms with Gasteiger partial charge in [0.25, 0.3) is 5.91 Å². The summed E-state index contributed by atoms with van der Waals surface area (Å²) < 4.78 is 6.01. The first kappa shape index (κ1) is 21.4. The third kappa shape index (κ3) is 4.75. The standard InChI is InChI=1S/C23H22Cl2N4O2/c1-23(14-31-21-9-7-18(25)11-28-21)13-29(22(30)16-4-8-20(26)27-10-16)12-19(23)15-2-5-17(24)6-3-15/h2-11,19H,12-14H2,1H3,(H2,26,27)/t19-,23-/m1/s1. The Kier molecular flexibility index (Phi) is 6.03. The van der Waals surface area contributed by atoms with E-state index in [9.17, 15) is 4.79 Å². The van der Waals surface area contributed by atoms with E-state index in [1.807, 2.05) is 29.2 Å². The second-order valence-electron chi connectivity index (χ2n) is 8.02. The Morgan fingerprint density at radius 1 is 1.10 bits per heavy atom. The van der Waals surface area contributed by atoms with E-state index in [1.54, 1.807) is 30.5 Å². The van der Waals surface area contributed by atoms with Crippen LogP contribution in [0, 0.1) is 5.41 Å². The summed E-state index contributed by atoms with van der Waals surface area (Å²) in [4.78, 5) is 23.3. The van der Waals surface area contributed by atoms with Crippen molar-refractivity contribution in [2.75, 3.05) is 25.4 Å². The van der Waals surface area contributed by atoms with Crippen LogP contribution in [0.1, 0.15) is 28.8 Å². The quantitative estimate of drug-likeness (QED) is 0.601. The zero-order valence-corrected chi connectivity index (χ0v) is 18.5. The minimum atomic E-state index is -0.341. The van der Waals surface area contributed by atoms with Gasteiger partial charge in [-0.2, -0.15) is 0 Å². The average Bonchev–Trinajstić information content (AvgIpc) is 3.12. The lowest BCUT2D eigenvalue weighted by molar-refractivity contribution is 0.0757. The van der Waals surface area contributed by atoms with Crippen LogP contribution in [0.2, 0.25) is 10.0 Å². The fourth-order valence-corrected chi connectivity index (χ4v) is 4.19. The fraction of sp³-hybridized carbons (Fsp3) is 0.261. The van der Waals surface area contributed by atoms with Gasteiger partial charge in [0.05, 0.1) is 17.2 Å². The van der Waals surface area contributed by atoms with Gasteiger partial charge in [0.2, 0.25) is 5.88 Å². The number of rotatable bonds is 5. The van der Waals surface area contributed by atoms with E-state index in [2.05, 4.69) is 16.9 Å². The monoisotopic (exact) mass is 456 g/mol. The lowest BCUT2D eigenvalue weighted by Gasteiger charge is -2.30. The Morgan fingerprint density at radius 2 is 1.84 bits per heavy atom. The lowest BCUT2D eigenvalue weighted by atomic mass is 9.77. The molecule has 160 valence electrons. The van der Waals surface area contributed by atoms with Gasteiger partial charge in [0.15, 0.2) is 0 Å². The van der Waals surface area contributed by atoms with Crippen LogP contribution in [0.5, 0.6) is 5.88 Å². The van der Waals surface area contributed by atoms with Crippen molar-refractivity contribution in [2.45, 2.75) is 12.8 Å². The largest absolute Gasteiger partial charge is 0.477 e. The molecule has 31 heavy (non-hydrogen) atoms. The smallest absolute Gasteiger partial charge is 0.255 e. The van der Waals surface area contributed by atoms with Crippen molar-refractivity contribution < 1.29 is 9.53 Å². The van der Waals surface area contributed by atoms with Gasteiger partial charge in [0.1, 0.15) is 5.82 Å². The Balaban J connectivity index is 1.59. The maximum atomic E-state index is 13.1. The summed E-state index contributed by atoms with van der Waals surface area (Å²) in [5.74, 6) is 0.848. The maximum absolute atomic E-state index is 13.1. The van der Waals surface area contributed by atoms with Crippen molar-refractivity contribution in [2.24, 2.45) is 5.41 Å². The summed E-state index contributed by atoms with van der Waals surface area (Å²) in [5, 5.41) is 1.22. The second kappa shape index (κ2) is 8.73. The SMILES string of the molecule is C[C@]1(COc2ccc(Cl)cn2)CN(C(=O)c2ccc(N)nc2)C[C@@H]1c1ccc(Cl)cc1. The first-order valence-electron chi connectivity index (χ1n) is 9.85. The van der Waals surface area contributed by atoms with Crippen LogP contribution in [0.15, 0.2) is 60.9 Å². The molecule has 0 aliphatic carbocycles. The van der Waals surface area contributed by atoms with Crippen molar-refractivity contribution in [1.82, 2.24) is 14.9 Å². The zero-order valence-electron chi connectivity index (χ0n) is 17.0. The third-order valence-electron chi connectivity index (χ3n) is 5.64. The van der Waals surface area contributed by atoms with E-state index < -0.39 is 0 Å². The highest BCUT2D eigenvalue weighted by atomic mass is 35.5. The van der Waals surface area contributed by atoms with Gasteiger partial charge in [-0.25, -0.2) is 9.97 Å². The minimum absolute atomic E-state index is 0.0581. The summed E-state index contributed by atoms with van der Waals surface area (Å²) >= 11 is 12.0. The molecule has 1 aliphatic rings. The molecule has 1 fully saturated rings. The Morgan fingerprint density at radius 3 is 2.48 bits per heavy atom. The minimum Gasteiger partial charge on any atom is -0.477 e. The molecular weight excluding hydrogens is 435 g/mol. The fourth-order valence-electron chi connectivity index (χ4n) is 3.96. The molecule has 4 rings (SSSR count). The molecule has 0 unspecified atom stereocenters. The van der Waals surface area contributed by atoms with Gasteiger partial charge in [-0.05, 0) is 35.9 Å². The number of hydrogen-bond acceptors (Lipinski definition) is 5. The molecule has 3 aromatic rings.